The predicted octanol–water partition coefficient (Wildman–Crippen LogP) is 4.31. The number of benzene rings is 2. The van der Waals surface area contributed by atoms with Crippen molar-refractivity contribution >= 4 is 11.8 Å². The van der Waals surface area contributed by atoms with E-state index in [9.17, 15) is 9.59 Å². The van der Waals surface area contributed by atoms with Gasteiger partial charge >= 0.3 is 0 Å². The molecule has 2 aromatic carbocycles. The van der Waals surface area contributed by atoms with E-state index in [2.05, 4.69) is 38.2 Å². The minimum absolute atomic E-state index is 0.121. The lowest BCUT2D eigenvalue weighted by Crippen LogP contribution is -2.32. The molecule has 5 heteroatoms. The summed E-state index contributed by atoms with van der Waals surface area (Å²) in [4.78, 5) is 26.2. The van der Waals surface area contributed by atoms with Gasteiger partial charge in [0.25, 0.3) is 5.91 Å². The molecule has 0 unspecified atom stereocenters. The van der Waals surface area contributed by atoms with Crippen molar-refractivity contribution in [1.82, 2.24) is 10.2 Å². The molecule has 3 rings (SSSR count). The minimum Gasteiger partial charge on any atom is -0.489 e. The van der Waals surface area contributed by atoms with E-state index in [4.69, 9.17) is 4.74 Å². The molecule has 30 heavy (non-hydrogen) atoms. The number of carbonyl (C=O) groups is 2. The third-order valence-electron chi connectivity index (χ3n) is 5.43. The summed E-state index contributed by atoms with van der Waals surface area (Å²) in [5.74, 6) is 0.790. The highest BCUT2D eigenvalue weighted by Crippen LogP contribution is 2.24. The average molecular weight is 409 g/mol. The fourth-order valence-corrected chi connectivity index (χ4v) is 3.48. The van der Waals surface area contributed by atoms with Crippen LogP contribution in [0.2, 0.25) is 0 Å². The molecule has 0 spiro atoms. The van der Waals surface area contributed by atoms with E-state index < -0.39 is 0 Å². The summed E-state index contributed by atoms with van der Waals surface area (Å²) in [7, 11) is 0. The standard InChI is InChI=1S/C25H32N2O3/c1-25(2,3)21-10-12-22(13-11-21)30-18-19-6-8-20(9-7-19)24(29)26-15-14-23(28)27-16-4-5-17-27/h6-13H,4-5,14-18H2,1-3H3,(H,26,29). The van der Waals surface area contributed by atoms with E-state index in [0.717, 1.165) is 37.2 Å². The lowest BCUT2D eigenvalue weighted by atomic mass is 9.87. The Hall–Kier alpha value is -2.82. The lowest BCUT2D eigenvalue weighted by Gasteiger charge is -2.19. The van der Waals surface area contributed by atoms with Gasteiger partial charge in [0.2, 0.25) is 5.91 Å². The summed E-state index contributed by atoms with van der Waals surface area (Å²) in [5, 5.41) is 2.83. The molecule has 1 saturated heterocycles. The van der Waals surface area contributed by atoms with Crippen LogP contribution in [0.5, 0.6) is 5.75 Å². The largest absolute Gasteiger partial charge is 0.489 e. The first-order valence-electron chi connectivity index (χ1n) is 10.7. The third-order valence-corrected chi connectivity index (χ3v) is 5.43. The van der Waals surface area contributed by atoms with Crippen LogP contribution in [0, 0.1) is 0 Å². The molecule has 0 aromatic heterocycles. The van der Waals surface area contributed by atoms with Crippen LogP contribution in [-0.2, 0) is 16.8 Å². The van der Waals surface area contributed by atoms with Gasteiger partial charge in [-0.05, 0) is 53.6 Å². The van der Waals surface area contributed by atoms with Gasteiger partial charge in [0.1, 0.15) is 12.4 Å². The zero-order chi connectivity index (χ0) is 21.6. The summed E-state index contributed by atoms with van der Waals surface area (Å²) in [6, 6.07) is 15.5. The first-order chi connectivity index (χ1) is 14.3. The minimum atomic E-state index is -0.158. The molecule has 1 heterocycles. The molecule has 2 amide bonds. The van der Waals surface area contributed by atoms with E-state index in [1.54, 1.807) is 12.1 Å². The van der Waals surface area contributed by atoms with Crippen LogP contribution in [0.4, 0.5) is 0 Å². The van der Waals surface area contributed by atoms with Crippen molar-refractivity contribution in [3.05, 3.63) is 65.2 Å². The third kappa shape index (κ3) is 6.09. The number of nitrogens with zero attached hydrogens (tertiary/aromatic N) is 1. The Morgan fingerprint density at radius 3 is 2.20 bits per heavy atom. The molecule has 1 aliphatic rings. The fourth-order valence-electron chi connectivity index (χ4n) is 3.48. The smallest absolute Gasteiger partial charge is 0.251 e. The van der Waals surface area contributed by atoms with Gasteiger partial charge in [-0.2, -0.15) is 0 Å². The molecule has 1 aliphatic heterocycles. The maximum Gasteiger partial charge on any atom is 0.251 e. The Balaban J connectivity index is 1.43. The van der Waals surface area contributed by atoms with Crippen molar-refractivity contribution in [2.45, 2.75) is 52.1 Å². The number of carbonyl (C=O) groups excluding carboxylic acids is 2. The monoisotopic (exact) mass is 408 g/mol. The zero-order valence-electron chi connectivity index (χ0n) is 18.2. The molecule has 0 radical (unpaired) electrons. The van der Waals surface area contributed by atoms with Crippen LogP contribution in [0.25, 0.3) is 0 Å². The Morgan fingerprint density at radius 2 is 1.60 bits per heavy atom. The highest BCUT2D eigenvalue weighted by Gasteiger charge is 2.17. The maximum atomic E-state index is 12.3. The van der Waals surface area contributed by atoms with Crippen molar-refractivity contribution in [2.24, 2.45) is 0 Å². The quantitative estimate of drug-likeness (QED) is 0.743. The summed E-state index contributed by atoms with van der Waals surface area (Å²) >= 11 is 0. The molecule has 5 nitrogen and oxygen atoms in total. The Labute approximate surface area is 179 Å². The van der Waals surface area contributed by atoms with E-state index >= 15 is 0 Å². The SMILES string of the molecule is CC(C)(C)c1ccc(OCc2ccc(C(=O)NCCC(=O)N3CCCC3)cc2)cc1. The first-order valence-corrected chi connectivity index (χ1v) is 10.7. The number of hydrogen-bond donors (Lipinski definition) is 1. The summed E-state index contributed by atoms with van der Waals surface area (Å²) in [6.45, 7) is 9.06. The summed E-state index contributed by atoms with van der Waals surface area (Å²) in [5.41, 5.74) is 2.97. The van der Waals surface area contributed by atoms with Crippen LogP contribution in [0.3, 0.4) is 0 Å². The topological polar surface area (TPSA) is 58.6 Å². The van der Waals surface area contributed by atoms with Crippen LogP contribution in [0.15, 0.2) is 48.5 Å². The van der Waals surface area contributed by atoms with Crippen LogP contribution < -0.4 is 10.1 Å². The molecule has 160 valence electrons. The van der Waals surface area contributed by atoms with Gasteiger partial charge < -0.3 is 15.0 Å². The number of nitrogens with one attached hydrogen (secondary N) is 1. The second-order valence-corrected chi connectivity index (χ2v) is 8.85. The maximum absolute atomic E-state index is 12.3. The molecule has 1 fully saturated rings. The highest BCUT2D eigenvalue weighted by molar-refractivity contribution is 5.94. The van der Waals surface area contributed by atoms with Crippen LogP contribution in [-0.4, -0.2) is 36.3 Å². The number of ether oxygens (including phenoxy) is 1. The van der Waals surface area contributed by atoms with E-state index in [1.165, 1.54) is 5.56 Å². The van der Waals surface area contributed by atoms with Crippen molar-refractivity contribution in [3.8, 4) is 5.75 Å². The van der Waals surface area contributed by atoms with E-state index in [0.29, 0.717) is 25.1 Å². The molecule has 0 atom stereocenters. The van der Waals surface area contributed by atoms with Crippen LogP contribution >= 0.6 is 0 Å². The van der Waals surface area contributed by atoms with Gasteiger partial charge in [0.05, 0.1) is 0 Å². The van der Waals surface area contributed by atoms with Gasteiger partial charge in [-0.1, -0.05) is 45.0 Å². The molecular weight excluding hydrogens is 376 g/mol. The number of likely N-dealkylation sites (tertiary alicyclic amines) is 1. The van der Waals surface area contributed by atoms with Gasteiger partial charge in [-0.3, -0.25) is 9.59 Å². The van der Waals surface area contributed by atoms with Gasteiger partial charge in [0, 0.05) is 31.6 Å². The zero-order valence-corrected chi connectivity index (χ0v) is 18.2. The van der Waals surface area contributed by atoms with Gasteiger partial charge in [-0.25, -0.2) is 0 Å². The highest BCUT2D eigenvalue weighted by atomic mass is 16.5. The van der Waals surface area contributed by atoms with Crippen molar-refractivity contribution in [2.75, 3.05) is 19.6 Å². The molecular formula is C25H32N2O3. The Bertz CT molecular complexity index is 845. The number of rotatable bonds is 7. The molecule has 0 saturated carbocycles. The first kappa shape index (κ1) is 21.9. The van der Waals surface area contributed by atoms with Crippen LogP contribution in [0.1, 0.15) is 61.5 Å². The summed E-state index contributed by atoms with van der Waals surface area (Å²) in [6.07, 6.45) is 2.51. The number of hydrogen-bond acceptors (Lipinski definition) is 3. The normalized spacial score (nSPS) is 13.9. The second-order valence-electron chi connectivity index (χ2n) is 8.85. The Kier molecular flexibility index (Phi) is 7.14. The average Bonchev–Trinajstić information content (AvgIpc) is 3.27. The summed E-state index contributed by atoms with van der Waals surface area (Å²) < 4.78 is 5.86. The van der Waals surface area contributed by atoms with Crippen molar-refractivity contribution < 1.29 is 14.3 Å². The molecule has 1 N–H and O–H groups in total. The van der Waals surface area contributed by atoms with Crippen molar-refractivity contribution in [3.63, 3.8) is 0 Å². The predicted molar refractivity (Wildman–Crippen MR) is 119 cm³/mol. The second kappa shape index (κ2) is 9.79. The van der Waals surface area contributed by atoms with E-state index in [1.807, 2.05) is 29.2 Å². The van der Waals surface area contributed by atoms with Gasteiger partial charge in [-0.15, -0.1) is 0 Å². The molecule has 2 aromatic rings. The Morgan fingerprint density at radius 1 is 0.967 bits per heavy atom. The molecule has 0 bridgehead atoms. The van der Waals surface area contributed by atoms with E-state index in [-0.39, 0.29) is 17.2 Å². The van der Waals surface area contributed by atoms with Gasteiger partial charge in [0.15, 0.2) is 0 Å². The number of amides is 2. The lowest BCUT2D eigenvalue weighted by molar-refractivity contribution is -0.129. The molecule has 0 aliphatic carbocycles. The fraction of sp³-hybridized carbons (Fsp3) is 0.440. The van der Waals surface area contributed by atoms with Crippen molar-refractivity contribution in [1.29, 1.82) is 0 Å².